The molecule has 3 N–H and O–H groups in total. The zero-order chi connectivity index (χ0) is 13.0. The van der Waals surface area contributed by atoms with Crippen molar-refractivity contribution in [3.63, 3.8) is 0 Å². The molecule has 0 aliphatic carbocycles. The maximum absolute atomic E-state index is 11.4. The number of benzene rings is 1. The van der Waals surface area contributed by atoms with E-state index in [1.165, 1.54) is 16.9 Å². The molecule has 2 aromatic rings. The highest BCUT2D eigenvalue weighted by atomic mass is 32.1. The van der Waals surface area contributed by atoms with Gasteiger partial charge in [0.15, 0.2) is 0 Å². The number of hydrogen-bond donors (Lipinski definition) is 2. The third-order valence-corrected chi connectivity index (χ3v) is 3.23. The number of aryl methyl sites for hydroxylation is 1. The minimum Gasteiger partial charge on any atom is -0.330 e. The van der Waals surface area contributed by atoms with Gasteiger partial charge in [0, 0.05) is 18.5 Å². The fourth-order valence-electron chi connectivity index (χ4n) is 1.40. The number of amides is 1. The van der Waals surface area contributed by atoms with Crippen molar-refractivity contribution >= 4 is 22.4 Å². The van der Waals surface area contributed by atoms with Gasteiger partial charge in [0.05, 0.1) is 0 Å². The summed E-state index contributed by atoms with van der Waals surface area (Å²) in [5, 5.41) is 11.9. The molecule has 0 bridgehead atoms. The van der Waals surface area contributed by atoms with Crippen LogP contribution in [0, 0.1) is 6.92 Å². The van der Waals surface area contributed by atoms with Gasteiger partial charge in [0.25, 0.3) is 0 Å². The number of nitrogens with two attached hydrogens (primary N) is 1. The normalized spacial score (nSPS) is 10.3. The lowest BCUT2D eigenvalue weighted by atomic mass is 10.2. The second-order valence-electron chi connectivity index (χ2n) is 3.87. The van der Waals surface area contributed by atoms with Crippen LogP contribution in [-0.2, 0) is 4.79 Å². The molecule has 0 radical (unpaired) electrons. The van der Waals surface area contributed by atoms with Gasteiger partial charge in [0.2, 0.25) is 11.0 Å². The zero-order valence-corrected chi connectivity index (χ0v) is 10.8. The number of hydrogen-bond acceptors (Lipinski definition) is 5. The molecule has 94 valence electrons. The third kappa shape index (κ3) is 3.12. The van der Waals surface area contributed by atoms with Crippen LogP contribution < -0.4 is 11.1 Å². The second kappa shape index (κ2) is 5.70. The number of nitrogens with zero attached hydrogens (tertiary/aromatic N) is 2. The van der Waals surface area contributed by atoms with Gasteiger partial charge < -0.3 is 11.1 Å². The largest absolute Gasteiger partial charge is 0.330 e. The molecule has 0 saturated carbocycles. The van der Waals surface area contributed by atoms with Crippen LogP contribution in [0.15, 0.2) is 24.3 Å². The first-order valence-corrected chi connectivity index (χ1v) is 6.41. The lowest BCUT2D eigenvalue weighted by Gasteiger charge is -1.97. The summed E-state index contributed by atoms with van der Waals surface area (Å²) in [7, 11) is 0. The molecule has 0 fully saturated rings. The fraction of sp³-hybridized carbons (Fsp3) is 0.250. The summed E-state index contributed by atoms with van der Waals surface area (Å²) in [5.41, 5.74) is 7.49. The monoisotopic (exact) mass is 262 g/mol. The Balaban J connectivity index is 2.10. The SMILES string of the molecule is Cc1ccc(-c2nnc(NC(=O)CCN)s2)cc1. The summed E-state index contributed by atoms with van der Waals surface area (Å²) in [4.78, 5) is 11.4. The smallest absolute Gasteiger partial charge is 0.227 e. The third-order valence-electron chi connectivity index (χ3n) is 2.34. The Morgan fingerprint density at radius 2 is 2.06 bits per heavy atom. The minimum absolute atomic E-state index is 0.135. The van der Waals surface area contributed by atoms with Gasteiger partial charge in [-0.1, -0.05) is 41.2 Å². The van der Waals surface area contributed by atoms with Crippen molar-refractivity contribution in [3.8, 4) is 10.6 Å². The van der Waals surface area contributed by atoms with Gasteiger partial charge in [-0.25, -0.2) is 0 Å². The predicted octanol–water partition coefficient (Wildman–Crippen LogP) is 1.80. The Kier molecular flexibility index (Phi) is 4.01. The molecule has 1 heterocycles. The number of aromatic nitrogens is 2. The van der Waals surface area contributed by atoms with Crippen LogP contribution in [0.2, 0.25) is 0 Å². The van der Waals surface area contributed by atoms with E-state index in [-0.39, 0.29) is 5.91 Å². The number of nitrogens with one attached hydrogen (secondary N) is 1. The first kappa shape index (κ1) is 12.7. The standard InChI is InChI=1S/C12H14N4OS/c1-8-2-4-9(5-3-8)11-15-16-12(18-11)14-10(17)6-7-13/h2-5H,6-7,13H2,1H3,(H,14,16,17). The van der Waals surface area contributed by atoms with Crippen LogP contribution in [0.1, 0.15) is 12.0 Å². The number of rotatable bonds is 4. The van der Waals surface area contributed by atoms with Crippen LogP contribution in [0.5, 0.6) is 0 Å². The van der Waals surface area contributed by atoms with Crippen molar-refractivity contribution in [2.45, 2.75) is 13.3 Å². The van der Waals surface area contributed by atoms with E-state index in [0.717, 1.165) is 10.6 Å². The highest BCUT2D eigenvalue weighted by Crippen LogP contribution is 2.26. The van der Waals surface area contributed by atoms with Crippen LogP contribution in [0.3, 0.4) is 0 Å². The molecule has 5 nitrogen and oxygen atoms in total. The van der Waals surface area contributed by atoms with Crippen LogP contribution >= 0.6 is 11.3 Å². The molecule has 0 aliphatic rings. The van der Waals surface area contributed by atoms with Crippen molar-refractivity contribution < 1.29 is 4.79 Å². The van der Waals surface area contributed by atoms with Crippen molar-refractivity contribution in [3.05, 3.63) is 29.8 Å². The van der Waals surface area contributed by atoms with Gasteiger partial charge in [-0.05, 0) is 6.92 Å². The Hall–Kier alpha value is -1.79. The number of carbonyl (C=O) groups is 1. The van der Waals surface area contributed by atoms with Gasteiger partial charge in [-0.2, -0.15) is 0 Å². The topological polar surface area (TPSA) is 80.9 Å². The van der Waals surface area contributed by atoms with E-state index in [0.29, 0.717) is 18.1 Å². The molecule has 0 atom stereocenters. The first-order valence-electron chi connectivity index (χ1n) is 5.59. The quantitative estimate of drug-likeness (QED) is 0.880. The van der Waals surface area contributed by atoms with Gasteiger partial charge >= 0.3 is 0 Å². The summed E-state index contributed by atoms with van der Waals surface area (Å²) < 4.78 is 0. The summed E-state index contributed by atoms with van der Waals surface area (Å²) in [5.74, 6) is -0.135. The molecule has 1 aromatic heterocycles. The highest BCUT2D eigenvalue weighted by molar-refractivity contribution is 7.18. The molecule has 0 saturated heterocycles. The van der Waals surface area contributed by atoms with E-state index in [4.69, 9.17) is 5.73 Å². The molecular weight excluding hydrogens is 248 g/mol. The van der Waals surface area contributed by atoms with Gasteiger partial charge in [0.1, 0.15) is 5.01 Å². The Morgan fingerprint density at radius 3 is 2.72 bits per heavy atom. The van der Waals surface area contributed by atoms with Crippen LogP contribution in [-0.4, -0.2) is 22.6 Å². The molecule has 1 amide bonds. The summed E-state index contributed by atoms with van der Waals surface area (Å²) in [6.07, 6.45) is 0.291. The number of anilines is 1. The Labute approximate surface area is 109 Å². The summed E-state index contributed by atoms with van der Waals surface area (Å²) in [6.45, 7) is 2.36. The summed E-state index contributed by atoms with van der Waals surface area (Å²) in [6, 6.07) is 8.01. The van der Waals surface area contributed by atoms with E-state index in [9.17, 15) is 4.79 Å². The van der Waals surface area contributed by atoms with Crippen LogP contribution in [0.25, 0.3) is 10.6 Å². The predicted molar refractivity (Wildman–Crippen MR) is 72.4 cm³/mol. The van der Waals surface area contributed by atoms with Crippen molar-refractivity contribution in [2.75, 3.05) is 11.9 Å². The van der Waals surface area contributed by atoms with E-state index in [2.05, 4.69) is 15.5 Å². The van der Waals surface area contributed by atoms with E-state index in [1.54, 1.807) is 0 Å². The Morgan fingerprint density at radius 1 is 1.33 bits per heavy atom. The van der Waals surface area contributed by atoms with Gasteiger partial charge in [-0.15, -0.1) is 10.2 Å². The maximum Gasteiger partial charge on any atom is 0.227 e. The molecule has 1 aromatic carbocycles. The van der Waals surface area contributed by atoms with Crippen molar-refractivity contribution in [2.24, 2.45) is 5.73 Å². The van der Waals surface area contributed by atoms with E-state index >= 15 is 0 Å². The average molecular weight is 262 g/mol. The fourth-order valence-corrected chi connectivity index (χ4v) is 2.16. The Bertz CT molecular complexity index is 535. The first-order chi connectivity index (χ1) is 8.69. The molecule has 0 unspecified atom stereocenters. The minimum atomic E-state index is -0.135. The molecule has 18 heavy (non-hydrogen) atoms. The van der Waals surface area contributed by atoms with E-state index in [1.807, 2.05) is 31.2 Å². The molecule has 0 spiro atoms. The average Bonchev–Trinajstić information content (AvgIpc) is 2.78. The lowest BCUT2D eigenvalue weighted by molar-refractivity contribution is -0.116. The molecule has 0 aliphatic heterocycles. The van der Waals surface area contributed by atoms with Gasteiger partial charge in [-0.3, -0.25) is 4.79 Å². The van der Waals surface area contributed by atoms with Crippen molar-refractivity contribution in [1.29, 1.82) is 0 Å². The maximum atomic E-state index is 11.4. The number of carbonyl (C=O) groups excluding carboxylic acids is 1. The van der Waals surface area contributed by atoms with E-state index < -0.39 is 0 Å². The van der Waals surface area contributed by atoms with Crippen molar-refractivity contribution in [1.82, 2.24) is 10.2 Å². The molecule has 6 heteroatoms. The van der Waals surface area contributed by atoms with Crippen LogP contribution in [0.4, 0.5) is 5.13 Å². The second-order valence-corrected chi connectivity index (χ2v) is 4.84. The molecular formula is C12H14N4OS. The highest BCUT2D eigenvalue weighted by Gasteiger charge is 2.08. The molecule has 2 rings (SSSR count). The zero-order valence-electron chi connectivity index (χ0n) is 10.0. The lowest BCUT2D eigenvalue weighted by Crippen LogP contribution is -2.15. The summed E-state index contributed by atoms with van der Waals surface area (Å²) >= 11 is 1.35.